The fourth-order valence-electron chi connectivity index (χ4n) is 1.50. The van der Waals surface area contributed by atoms with Gasteiger partial charge in [0.1, 0.15) is 5.82 Å². The molecule has 1 rings (SSSR count). The monoisotopic (exact) mass is 300 g/mol. The van der Waals surface area contributed by atoms with Crippen molar-refractivity contribution < 1.29 is 18.7 Å². The van der Waals surface area contributed by atoms with Gasteiger partial charge in [0.05, 0.1) is 13.2 Å². The fourth-order valence-corrected chi connectivity index (χ4v) is 1.72. The van der Waals surface area contributed by atoms with E-state index >= 15 is 0 Å². The number of hydrogen-bond donors (Lipinski definition) is 2. The van der Waals surface area contributed by atoms with Crippen LogP contribution in [-0.4, -0.2) is 50.6 Å². The topological polar surface area (TPSA) is 58.6 Å². The highest BCUT2D eigenvalue weighted by Crippen LogP contribution is 2.15. The SMILES string of the molecule is COCCNC(=O)CN(C)C(=O)c1ccc(F)c(S)c1. The maximum absolute atomic E-state index is 13.1. The normalized spacial score (nSPS) is 10.2. The molecule has 0 atom stereocenters. The van der Waals surface area contributed by atoms with Gasteiger partial charge < -0.3 is 15.0 Å². The number of rotatable bonds is 6. The standard InChI is InChI=1S/C13H17FN2O3S/c1-16(8-12(17)15-5-6-19-2)13(18)9-3-4-10(14)11(20)7-9/h3-4,7,20H,5-6,8H2,1-2H3,(H,15,17). The number of ether oxygens (including phenoxy) is 1. The third-order valence-corrected chi connectivity index (χ3v) is 2.89. The Labute approximate surface area is 122 Å². The van der Waals surface area contributed by atoms with E-state index in [9.17, 15) is 14.0 Å². The molecule has 110 valence electrons. The summed E-state index contributed by atoms with van der Waals surface area (Å²) in [6.45, 7) is 0.709. The largest absolute Gasteiger partial charge is 0.383 e. The van der Waals surface area contributed by atoms with Gasteiger partial charge in [-0.05, 0) is 18.2 Å². The number of nitrogens with zero attached hydrogens (tertiary/aromatic N) is 1. The van der Waals surface area contributed by atoms with Crippen LogP contribution in [0, 0.1) is 5.82 Å². The molecule has 1 N–H and O–H groups in total. The van der Waals surface area contributed by atoms with E-state index in [4.69, 9.17) is 4.74 Å². The van der Waals surface area contributed by atoms with Crippen LogP contribution in [0.3, 0.4) is 0 Å². The zero-order valence-electron chi connectivity index (χ0n) is 11.4. The van der Waals surface area contributed by atoms with Crippen molar-refractivity contribution in [3.63, 3.8) is 0 Å². The van der Waals surface area contributed by atoms with Crippen molar-refractivity contribution in [3.05, 3.63) is 29.6 Å². The summed E-state index contributed by atoms with van der Waals surface area (Å²) in [6, 6.07) is 3.86. The van der Waals surface area contributed by atoms with Gasteiger partial charge in [0.15, 0.2) is 0 Å². The van der Waals surface area contributed by atoms with E-state index in [1.807, 2.05) is 0 Å². The Morgan fingerprint density at radius 1 is 1.45 bits per heavy atom. The average Bonchev–Trinajstić information content (AvgIpc) is 2.41. The molecule has 0 bridgehead atoms. The minimum atomic E-state index is -0.496. The molecule has 1 aromatic rings. The molecule has 0 fully saturated rings. The lowest BCUT2D eigenvalue weighted by atomic mass is 10.2. The fraction of sp³-hybridized carbons (Fsp3) is 0.385. The second-order valence-corrected chi connectivity index (χ2v) is 4.65. The molecule has 0 saturated heterocycles. The van der Waals surface area contributed by atoms with Gasteiger partial charge in [0.2, 0.25) is 5.91 Å². The highest BCUT2D eigenvalue weighted by Gasteiger charge is 2.15. The van der Waals surface area contributed by atoms with Crippen LogP contribution in [0.2, 0.25) is 0 Å². The number of carbonyl (C=O) groups is 2. The van der Waals surface area contributed by atoms with Gasteiger partial charge in [0.25, 0.3) is 5.91 Å². The molecule has 0 aliphatic carbocycles. The lowest BCUT2D eigenvalue weighted by Crippen LogP contribution is -2.39. The Morgan fingerprint density at radius 3 is 2.75 bits per heavy atom. The molecule has 0 saturated carbocycles. The van der Waals surface area contributed by atoms with Gasteiger partial charge in [-0.15, -0.1) is 12.6 Å². The number of nitrogens with one attached hydrogen (secondary N) is 1. The van der Waals surface area contributed by atoms with E-state index in [1.54, 1.807) is 0 Å². The Hall–Kier alpha value is -1.60. The van der Waals surface area contributed by atoms with Crippen LogP contribution in [-0.2, 0) is 9.53 Å². The van der Waals surface area contributed by atoms with Crippen LogP contribution < -0.4 is 5.32 Å². The van der Waals surface area contributed by atoms with Crippen LogP contribution >= 0.6 is 12.6 Å². The van der Waals surface area contributed by atoms with Crippen LogP contribution in [0.25, 0.3) is 0 Å². The first-order chi connectivity index (χ1) is 9.45. The minimum absolute atomic E-state index is 0.0815. The molecule has 0 heterocycles. The zero-order valence-corrected chi connectivity index (χ0v) is 12.2. The smallest absolute Gasteiger partial charge is 0.254 e. The number of thiol groups is 1. The summed E-state index contributed by atoms with van der Waals surface area (Å²) in [5.41, 5.74) is 0.281. The van der Waals surface area contributed by atoms with Crippen molar-refractivity contribution >= 4 is 24.4 Å². The summed E-state index contributed by atoms with van der Waals surface area (Å²) in [5, 5.41) is 2.61. The van der Waals surface area contributed by atoms with Crippen molar-refractivity contribution in [2.45, 2.75) is 4.90 Å². The van der Waals surface area contributed by atoms with Crippen LogP contribution in [0.1, 0.15) is 10.4 Å². The number of halogens is 1. The van der Waals surface area contributed by atoms with Crippen molar-refractivity contribution in [3.8, 4) is 0 Å². The first-order valence-electron chi connectivity index (χ1n) is 5.95. The molecule has 0 aliphatic rings. The Morgan fingerprint density at radius 2 is 2.15 bits per heavy atom. The number of methoxy groups -OCH3 is 1. The first kappa shape index (κ1) is 16.5. The van der Waals surface area contributed by atoms with E-state index in [2.05, 4.69) is 17.9 Å². The third-order valence-electron chi connectivity index (χ3n) is 2.55. The van der Waals surface area contributed by atoms with Gasteiger partial charge >= 0.3 is 0 Å². The van der Waals surface area contributed by atoms with Gasteiger partial charge in [-0.2, -0.15) is 0 Å². The van der Waals surface area contributed by atoms with Crippen molar-refractivity contribution in [1.82, 2.24) is 10.2 Å². The second-order valence-electron chi connectivity index (χ2n) is 4.17. The molecule has 5 nitrogen and oxygen atoms in total. The maximum Gasteiger partial charge on any atom is 0.254 e. The van der Waals surface area contributed by atoms with Crippen molar-refractivity contribution in [2.24, 2.45) is 0 Å². The number of carbonyl (C=O) groups excluding carboxylic acids is 2. The molecular weight excluding hydrogens is 283 g/mol. The summed E-state index contributed by atoms with van der Waals surface area (Å²) in [7, 11) is 3.03. The number of benzene rings is 1. The van der Waals surface area contributed by atoms with Gasteiger partial charge in [-0.1, -0.05) is 0 Å². The minimum Gasteiger partial charge on any atom is -0.383 e. The van der Waals surface area contributed by atoms with Crippen molar-refractivity contribution in [2.75, 3.05) is 33.9 Å². The van der Waals surface area contributed by atoms with E-state index in [0.29, 0.717) is 13.2 Å². The number of amides is 2. The average molecular weight is 300 g/mol. The molecule has 0 spiro atoms. The summed E-state index contributed by atoms with van der Waals surface area (Å²) in [4.78, 5) is 24.9. The molecule has 2 amide bonds. The Kier molecular flexibility index (Phi) is 6.47. The lowest BCUT2D eigenvalue weighted by molar-refractivity contribution is -0.121. The number of hydrogen-bond acceptors (Lipinski definition) is 4. The first-order valence-corrected chi connectivity index (χ1v) is 6.40. The summed E-state index contributed by atoms with van der Waals surface area (Å²) < 4.78 is 17.9. The quantitative estimate of drug-likeness (QED) is 0.607. The zero-order chi connectivity index (χ0) is 15.1. The molecule has 1 aromatic carbocycles. The molecule has 0 aliphatic heterocycles. The molecule has 0 aromatic heterocycles. The Balaban J connectivity index is 2.58. The molecule has 0 radical (unpaired) electrons. The predicted molar refractivity (Wildman–Crippen MR) is 75.5 cm³/mol. The van der Waals surface area contributed by atoms with Gasteiger partial charge in [-0.25, -0.2) is 4.39 Å². The highest BCUT2D eigenvalue weighted by atomic mass is 32.1. The van der Waals surface area contributed by atoms with E-state index < -0.39 is 5.82 Å². The summed E-state index contributed by atoms with van der Waals surface area (Å²) in [6.07, 6.45) is 0. The number of likely N-dealkylation sites (N-methyl/N-ethyl adjacent to an activating group) is 1. The highest BCUT2D eigenvalue weighted by molar-refractivity contribution is 7.80. The Bertz CT molecular complexity index is 497. The van der Waals surface area contributed by atoms with Gasteiger partial charge in [0, 0.05) is 31.2 Å². The van der Waals surface area contributed by atoms with Crippen molar-refractivity contribution in [1.29, 1.82) is 0 Å². The molecule has 0 unspecified atom stereocenters. The second kappa shape index (κ2) is 7.86. The molecule has 20 heavy (non-hydrogen) atoms. The maximum atomic E-state index is 13.1. The lowest BCUT2D eigenvalue weighted by Gasteiger charge is -2.17. The van der Waals surface area contributed by atoms with Crippen LogP contribution in [0.5, 0.6) is 0 Å². The van der Waals surface area contributed by atoms with E-state index in [-0.39, 0.29) is 28.8 Å². The molecule has 7 heteroatoms. The van der Waals surface area contributed by atoms with Gasteiger partial charge in [-0.3, -0.25) is 9.59 Å². The van der Waals surface area contributed by atoms with Crippen LogP contribution in [0.15, 0.2) is 23.1 Å². The van der Waals surface area contributed by atoms with E-state index in [1.165, 1.54) is 37.3 Å². The predicted octanol–water partition coefficient (Wildman–Crippen LogP) is 0.949. The third kappa shape index (κ3) is 4.82. The van der Waals surface area contributed by atoms with E-state index in [0.717, 1.165) is 0 Å². The molecular formula is C13H17FN2O3S. The summed E-state index contributed by atoms with van der Waals surface area (Å²) in [5.74, 6) is -1.15. The van der Waals surface area contributed by atoms with Crippen LogP contribution in [0.4, 0.5) is 4.39 Å². The summed E-state index contributed by atoms with van der Waals surface area (Å²) >= 11 is 3.92.